The molecule has 0 rings (SSSR count). The minimum absolute atomic E-state index is 0.181. The van der Waals surface area contributed by atoms with Gasteiger partial charge in [-0.1, -0.05) is 32.6 Å². The summed E-state index contributed by atoms with van der Waals surface area (Å²) in [6.45, 7) is 11.3. The topological polar surface area (TPSA) is 58.9 Å². The second kappa shape index (κ2) is 8.28. The van der Waals surface area contributed by atoms with Crippen molar-refractivity contribution in [1.82, 2.24) is 0 Å². The predicted octanol–water partition coefficient (Wildman–Crippen LogP) is 3.18. The molecule has 0 aliphatic rings. The summed E-state index contributed by atoms with van der Waals surface area (Å²) in [6.07, 6.45) is 5.71. The third kappa shape index (κ3) is 6.68. The van der Waals surface area contributed by atoms with Crippen molar-refractivity contribution in [2.24, 2.45) is 10.9 Å². The van der Waals surface area contributed by atoms with Crippen molar-refractivity contribution in [2.75, 3.05) is 6.61 Å². The molecule has 0 atom stereocenters. The summed E-state index contributed by atoms with van der Waals surface area (Å²) < 4.78 is 5.59. The van der Waals surface area contributed by atoms with Gasteiger partial charge in [0.15, 0.2) is 0 Å². The average Bonchev–Trinajstić information content (AvgIpc) is 2.28. The molecular weight excluding hydrogens is 230 g/mol. The van der Waals surface area contributed by atoms with Gasteiger partial charge in [-0.15, -0.1) is 0 Å². The lowest BCUT2D eigenvalue weighted by molar-refractivity contribution is -0.132. The second-order valence-electron chi connectivity index (χ2n) is 4.14. The summed E-state index contributed by atoms with van der Waals surface area (Å²) in [7, 11) is 0. The average molecular weight is 251 g/mol. The SMILES string of the molecule is C=C(N=C(C)CO/C(=C/C=C\C)C(C)C)C(=O)O. The summed E-state index contributed by atoms with van der Waals surface area (Å²) in [4.78, 5) is 14.4. The first-order valence-electron chi connectivity index (χ1n) is 5.80. The number of carboxylic acids is 1. The fourth-order valence-corrected chi connectivity index (χ4v) is 1.10. The Hall–Kier alpha value is -1.84. The molecule has 0 aliphatic carbocycles. The van der Waals surface area contributed by atoms with E-state index in [4.69, 9.17) is 9.84 Å². The van der Waals surface area contributed by atoms with E-state index < -0.39 is 5.97 Å². The molecule has 1 N–H and O–H groups in total. The lowest BCUT2D eigenvalue weighted by atomic mass is 10.1. The molecule has 0 heterocycles. The Kier molecular flexibility index (Phi) is 7.43. The van der Waals surface area contributed by atoms with Gasteiger partial charge in [-0.05, 0) is 19.9 Å². The second-order valence-corrected chi connectivity index (χ2v) is 4.14. The lowest BCUT2D eigenvalue weighted by Crippen LogP contribution is -2.09. The summed E-state index contributed by atoms with van der Waals surface area (Å²) >= 11 is 0. The first-order valence-corrected chi connectivity index (χ1v) is 5.80. The first kappa shape index (κ1) is 16.2. The van der Waals surface area contributed by atoms with E-state index in [0.717, 1.165) is 5.76 Å². The number of nitrogens with zero attached hydrogens (tertiary/aromatic N) is 1. The van der Waals surface area contributed by atoms with Gasteiger partial charge in [0.1, 0.15) is 12.3 Å². The van der Waals surface area contributed by atoms with Crippen LogP contribution in [0.3, 0.4) is 0 Å². The van der Waals surface area contributed by atoms with Crippen LogP contribution >= 0.6 is 0 Å². The number of hydrogen-bond donors (Lipinski definition) is 1. The standard InChI is InChI=1S/C14H21NO3/c1-6-7-8-13(10(2)3)18-9-11(4)15-12(5)14(16)17/h6-8,10H,5,9H2,1-4H3,(H,16,17)/b7-6-,13-8+,15-11?. The number of rotatable bonds is 7. The van der Waals surface area contributed by atoms with Crippen molar-refractivity contribution in [3.63, 3.8) is 0 Å². The number of hydrogen-bond acceptors (Lipinski definition) is 3. The zero-order valence-corrected chi connectivity index (χ0v) is 11.4. The maximum Gasteiger partial charge on any atom is 0.353 e. The number of ether oxygens (including phenoxy) is 1. The number of aliphatic carboxylic acids is 1. The molecule has 4 heteroatoms. The van der Waals surface area contributed by atoms with Crippen LogP contribution in [0.2, 0.25) is 0 Å². The molecule has 0 saturated carbocycles. The quantitative estimate of drug-likeness (QED) is 0.327. The Morgan fingerprint density at radius 3 is 2.56 bits per heavy atom. The Labute approximate surface area is 108 Å². The molecule has 4 nitrogen and oxygen atoms in total. The molecule has 0 spiro atoms. The van der Waals surface area contributed by atoms with E-state index in [9.17, 15) is 4.79 Å². The van der Waals surface area contributed by atoms with Crippen molar-refractivity contribution in [3.05, 3.63) is 36.3 Å². The highest BCUT2D eigenvalue weighted by atomic mass is 16.5. The van der Waals surface area contributed by atoms with E-state index in [1.54, 1.807) is 6.92 Å². The minimum Gasteiger partial charge on any atom is -0.492 e. The third-order valence-corrected chi connectivity index (χ3v) is 2.04. The highest BCUT2D eigenvalue weighted by Gasteiger charge is 2.06. The van der Waals surface area contributed by atoms with Crippen LogP contribution in [0, 0.1) is 5.92 Å². The van der Waals surface area contributed by atoms with Crippen molar-refractivity contribution < 1.29 is 14.6 Å². The van der Waals surface area contributed by atoms with Crippen LogP contribution in [-0.4, -0.2) is 23.4 Å². The van der Waals surface area contributed by atoms with Gasteiger partial charge in [-0.2, -0.15) is 0 Å². The van der Waals surface area contributed by atoms with Gasteiger partial charge in [0.05, 0.1) is 11.5 Å². The van der Waals surface area contributed by atoms with Crippen LogP contribution in [-0.2, 0) is 9.53 Å². The van der Waals surface area contributed by atoms with E-state index in [-0.39, 0.29) is 18.2 Å². The van der Waals surface area contributed by atoms with E-state index in [0.29, 0.717) is 5.71 Å². The number of allylic oxidation sites excluding steroid dienone is 4. The number of carbonyl (C=O) groups is 1. The largest absolute Gasteiger partial charge is 0.492 e. The van der Waals surface area contributed by atoms with Gasteiger partial charge >= 0.3 is 5.97 Å². The smallest absolute Gasteiger partial charge is 0.353 e. The van der Waals surface area contributed by atoms with Gasteiger partial charge in [-0.3, -0.25) is 0 Å². The monoisotopic (exact) mass is 251 g/mol. The molecule has 0 aromatic heterocycles. The fourth-order valence-electron chi connectivity index (χ4n) is 1.10. The number of aliphatic imine (C=N–C) groups is 1. The van der Waals surface area contributed by atoms with Crippen molar-refractivity contribution in [1.29, 1.82) is 0 Å². The summed E-state index contributed by atoms with van der Waals surface area (Å²) in [5.41, 5.74) is 0.397. The predicted molar refractivity (Wildman–Crippen MR) is 73.6 cm³/mol. The van der Waals surface area contributed by atoms with E-state index in [1.165, 1.54) is 0 Å². The highest BCUT2D eigenvalue weighted by molar-refractivity contribution is 5.92. The van der Waals surface area contributed by atoms with Crippen LogP contribution in [0.4, 0.5) is 0 Å². The normalized spacial score (nSPS) is 13.2. The van der Waals surface area contributed by atoms with Crippen LogP contribution in [0.5, 0.6) is 0 Å². The molecule has 0 unspecified atom stereocenters. The first-order chi connectivity index (χ1) is 8.38. The summed E-state index contributed by atoms with van der Waals surface area (Å²) in [6, 6.07) is 0. The summed E-state index contributed by atoms with van der Waals surface area (Å²) in [5, 5.41) is 8.64. The zero-order chi connectivity index (χ0) is 14.1. The van der Waals surface area contributed by atoms with Crippen molar-refractivity contribution in [2.45, 2.75) is 27.7 Å². The summed E-state index contributed by atoms with van der Waals surface area (Å²) in [5.74, 6) is -0.0249. The Morgan fingerprint density at radius 1 is 1.50 bits per heavy atom. The van der Waals surface area contributed by atoms with Crippen LogP contribution < -0.4 is 0 Å². The van der Waals surface area contributed by atoms with E-state index >= 15 is 0 Å². The Bertz CT molecular complexity index is 390. The molecule has 0 aliphatic heterocycles. The maximum atomic E-state index is 10.6. The Morgan fingerprint density at radius 2 is 2.11 bits per heavy atom. The van der Waals surface area contributed by atoms with E-state index in [2.05, 4.69) is 11.6 Å². The van der Waals surface area contributed by atoms with Gasteiger partial charge in [-0.25, -0.2) is 9.79 Å². The van der Waals surface area contributed by atoms with Gasteiger partial charge in [0, 0.05) is 5.92 Å². The highest BCUT2D eigenvalue weighted by Crippen LogP contribution is 2.11. The van der Waals surface area contributed by atoms with Crippen LogP contribution in [0.1, 0.15) is 27.7 Å². The molecule has 0 fully saturated rings. The molecule has 0 aromatic carbocycles. The molecule has 0 bridgehead atoms. The zero-order valence-electron chi connectivity index (χ0n) is 11.4. The Balaban J connectivity index is 4.54. The molecule has 0 amide bonds. The molecular formula is C14H21NO3. The van der Waals surface area contributed by atoms with Gasteiger partial charge in [0.2, 0.25) is 0 Å². The molecule has 100 valence electrons. The van der Waals surface area contributed by atoms with Crippen LogP contribution in [0.15, 0.2) is 41.3 Å². The van der Waals surface area contributed by atoms with Crippen molar-refractivity contribution >= 4 is 11.7 Å². The molecule has 18 heavy (non-hydrogen) atoms. The lowest BCUT2D eigenvalue weighted by Gasteiger charge is -2.13. The third-order valence-electron chi connectivity index (χ3n) is 2.04. The molecule has 0 aromatic rings. The van der Waals surface area contributed by atoms with Gasteiger partial charge < -0.3 is 9.84 Å². The molecule has 0 radical (unpaired) electrons. The molecule has 0 saturated heterocycles. The van der Waals surface area contributed by atoms with E-state index in [1.807, 2.05) is 39.0 Å². The number of carboxylic acid groups (broad SMARTS) is 1. The fraction of sp³-hybridized carbons (Fsp3) is 0.429. The van der Waals surface area contributed by atoms with Crippen molar-refractivity contribution in [3.8, 4) is 0 Å². The maximum absolute atomic E-state index is 10.6. The van der Waals surface area contributed by atoms with Crippen LogP contribution in [0.25, 0.3) is 0 Å². The van der Waals surface area contributed by atoms with Gasteiger partial charge in [0.25, 0.3) is 0 Å². The minimum atomic E-state index is -1.12.